The molecule has 1 aliphatic heterocycles. The normalized spacial score (nSPS) is 15.2. The predicted molar refractivity (Wildman–Crippen MR) is 114 cm³/mol. The summed E-state index contributed by atoms with van der Waals surface area (Å²) in [5.41, 5.74) is 1.63. The van der Waals surface area contributed by atoms with Gasteiger partial charge in [0.2, 0.25) is 5.91 Å². The zero-order valence-corrected chi connectivity index (χ0v) is 18.4. The Morgan fingerprint density at radius 1 is 1.10 bits per heavy atom. The van der Waals surface area contributed by atoms with Crippen LogP contribution in [0.3, 0.4) is 0 Å². The highest BCUT2D eigenvalue weighted by molar-refractivity contribution is 8.18. The fourth-order valence-electron chi connectivity index (χ4n) is 3.07. The summed E-state index contributed by atoms with van der Waals surface area (Å²) in [7, 11) is 3.09. The molecule has 2 rings (SSSR count). The Morgan fingerprint density at radius 3 is 2.24 bits per heavy atom. The zero-order chi connectivity index (χ0) is 21.6. The lowest BCUT2D eigenvalue weighted by atomic mass is 10.1. The van der Waals surface area contributed by atoms with Crippen LogP contribution in [0.5, 0.6) is 11.5 Å². The largest absolute Gasteiger partial charge is 0.493 e. The number of hydrogen-bond acceptors (Lipinski definition) is 6. The number of aryl methyl sites for hydroxylation is 1. The quantitative estimate of drug-likeness (QED) is 0.567. The van der Waals surface area contributed by atoms with Crippen molar-refractivity contribution in [3.63, 3.8) is 0 Å². The van der Waals surface area contributed by atoms with Gasteiger partial charge < -0.3 is 14.4 Å². The Bertz CT molecular complexity index is 816. The SMILES string of the molecule is CCCN(CCC)C(=O)CN1C(=O)S/C(=C\c2cc(OC)c(OC)cc2C)C1=O. The summed E-state index contributed by atoms with van der Waals surface area (Å²) in [4.78, 5) is 40.7. The molecular formula is C21H28N2O5S. The van der Waals surface area contributed by atoms with Crippen molar-refractivity contribution in [1.29, 1.82) is 0 Å². The third-order valence-electron chi connectivity index (χ3n) is 4.57. The molecule has 0 aliphatic carbocycles. The molecule has 0 atom stereocenters. The van der Waals surface area contributed by atoms with E-state index in [1.54, 1.807) is 24.2 Å². The van der Waals surface area contributed by atoms with E-state index in [-0.39, 0.29) is 17.4 Å². The van der Waals surface area contributed by atoms with Gasteiger partial charge in [-0.05, 0) is 60.9 Å². The second-order valence-electron chi connectivity index (χ2n) is 6.71. The Labute approximate surface area is 176 Å². The summed E-state index contributed by atoms with van der Waals surface area (Å²) in [6, 6.07) is 3.57. The maximum absolute atomic E-state index is 12.8. The predicted octanol–water partition coefficient (Wildman–Crippen LogP) is 3.70. The van der Waals surface area contributed by atoms with Crippen LogP contribution in [-0.2, 0) is 9.59 Å². The summed E-state index contributed by atoms with van der Waals surface area (Å²) >= 11 is 0.845. The molecule has 0 aromatic heterocycles. The molecule has 0 unspecified atom stereocenters. The molecule has 8 heteroatoms. The lowest BCUT2D eigenvalue weighted by Gasteiger charge is -2.23. The lowest BCUT2D eigenvalue weighted by Crippen LogP contribution is -2.42. The van der Waals surface area contributed by atoms with Crippen molar-refractivity contribution in [2.24, 2.45) is 0 Å². The number of thioether (sulfide) groups is 1. The first-order chi connectivity index (χ1) is 13.9. The Kier molecular flexibility index (Phi) is 8.13. The van der Waals surface area contributed by atoms with Crippen molar-refractivity contribution in [3.8, 4) is 11.5 Å². The van der Waals surface area contributed by atoms with Crippen LogP contribution < -0.4 is 9.47 Å². The molecule has 1 aromatic carbocycles. The van der Waals surface area contributed by atoms with Crippen LogP contribution in [0.4, 0.5) is 4.79 Å². The third-order valence-corrected chi connectivity index (χ3v) is 5.47. The number of rotatable bonds is 9. The fraction of sp³-hybridized carbons (Fsp3) is 0.476. The number of carbonyl (C=O) groups is 3. The highest BCUT2D eigenvalue weighted by Gasteiger charge is 2.37. The van der Waals surface area contributed by atoms with Gasteiger partial charge in [-0.25, -0.2) is 0 Å². The first-order valence-electron chi connectivity index (χ1n) is 9.61. The molecule has 1 heterocycles. The van der Waals surface area contributed by atoms with Crippen LogP contribution >= 0.6 is 11.8 Å². The van der Waals surface area contributed by atoms with Gasteiger partial charge in [0.05, 0.1) is 19.1 Å². The Hall–Kier alpha value is -2.48. The minimum absolute atomic E-state index is 0.209. The summed E-state index contributed by atoms with van der Waals surface area (Å²) in [6.07, 6.45) is 3.31. The van der Waals surface area contributed by atoms with Gasteiger partial charge in [-0.3, -0.25) is 19.3 Å². The number of hydrogen-bond donors (Lipinski definition) is 0. The van der Waals surface area contributed by atoms with Gasteiger partial charge in [-0.1, -0.05) is 13.8 Å². The highest BCUT2D eigenvalue weighted by Crippen LogP contribution is 2.35. The van der Waals surface area contributed by atoms with Gasteiger partial charge in [-0.2, -0.15) is 0 Å². The fourth-order valence-corrected chi connectivity index (χ4v) is 3.89. The minimum atomic E-state index is -0.449. The van der Waals surface area contributed by atoms with E-state index >= 15 is 0 Å². The molecule has 1 saturated heterocycles. The molecule has 3 amide bonds. The second-order valence-corrected chi connectivity index (χ2v) is 7.71. The number of ether oxygens (including phenoxy) is 2. The van der Waals surface area contributed by atoms with E-state index in [1.165, 1.54) is 7.11 Å². The molecule has 0 radical (unpaired) electrons. The van der Waals surface area contributed by atoms with E-state index in [2.05, 4.69) is 0 Å². The topological polar surface area (TPSA) is 76.2 Å². The molecule has 1 aromatic rings. The van der Waals surface area contributed by atoms with Crippen LogP contribution in [-0.4, -0.2) is 60.7 Å². The number of methoxy groups -OCH3 is 2. The van der Waals surface area contributed by atoms with Crippen molar-refractivity contribution < 1.29 is 23.9 Å². The first-order valence-corrected chi connectivity index (χ1v) is 10.4. The van der Waals surface area contributed by atoms with E-state index < -0.39 is 11.1 Å². The molecule has 1 aliphatic rings. The number of amides is 3. The molecule has 0 N–H and O–H groups in total. The second kappa shape index (κ2) is 10.3. The van der Waals surface area contributed by atoms with Crippen LogP contribution in [0.2, 0.25) is 0 Å². The summed E-state index contributed by atoms with van der Waals surface area (Å²) in [6.45, 7) is 6.86. The van der Waals surface area contributed by atoms with Crippen molar-refractivity contribution >= 4 is 34.9 Å². The van der Waals surface area contributed by atoms with E-state index in [9.17, 15) is 14.4 Å². The van der Waals surface area contributed by atoms with Gasteiger partial charge in [0.15, 0.2) is 11.5 Å². The summed E-state index contributed by atoms with van der Waals surface area (Å²) < 4.78 is 10.6. The average Bonchev–Trinajstić information content (AvgIpc) is 2.96. The van der Waals surface area contributed by atoms with Gasteiger partial charge in [0.25, 0.3) is 11.1 Å². The van der Waals surface area contributed by atoms with E-state index in [0.29, 0.717) is 24.6 Å². The van der Waals surface area contributed by atoms with Gasteiger partial charge in [0, 0.05) is 13.1 Å². The summed E-state index contributed by atoms with van der Waals surface area (Å²) in [5.74, 6) is 0.469. The van der Waals surface area contributed by atoms with Crippen molar-refractivity contribution in [1.82, 2.24) is 9.80 Å². The molecule has 7 nitrogen and oxygen atoms in total. The Balaban J connectivity index is 2.23. The van der Waals surface area contributed by atoms with Crippen molar-refractivity contribution in [3.05, 3.63) is 28.2 Å². The standard InChI is InChI=1S/C21H28N2O5S/c1-6-8-22(9-7-2)19(24)13-23-20(25)18(29-21(23)26)12-15-11-17(28-5)16(27-4)10-14(15)3/h10-12H,6-9,13H2,1-5H3/b18-12-. The molecule has 158 valence electrons. The van der Waals surface area contributed by atoms with Crippen LogP contribution in [0.1, 0.15) is 37.8 Å². The van der Waals surface area contributed by atoms with E-state index in [0.717, 1.165) is 40.6 Å². The maximum atomic E-state index is 12.8. The number of imide groups is 1. The zero-order valence-electron chi connectivity index (χ0n) is 17.6. The van der Waals surface area contributed by atoms with Gasteiger partial charge >= 0.3 is 0 Å². The Morgan fingerprint density at radius 2 is 1.69 bits per heavy atom. The smallest absolute Gasteiger partial charge is 0.294 e. The van der Waals surface area contributed by atoms with E-state index in [1.807, 2.05) is 26.8 Å². The highest BCUT2D eigenvalue weighted by atomic mass is 32.2. The average molecular weight is 421 g/mol. The number of nitrogens with zero attached hydrogens (tertiary/aromatic N) is 2. The number of carbonyl (C=O) groups excluding carboxylic acids is 3. The van der Waals surface area contributed by atoms with Crippen LogP contribution in [0.15, 0.2) is 17.0 Å². The summed E-state index contributed by atoms with van der Waals surface area (Å²) in [5, 5.41) is -0.430. The molecular weight excluding hydrogens is 392 g/mol. The first kappa shape index (κ1) is 22.8. The van der Waals surface area contributed by atoms with E-state index in [4.69, 9.17) is 9.47 Å². The van der Waals surface area contributed by atoms with Crippen molar-refractivity contribution in [2.45, 2.75) is 33.6 Å². The molecule has 0 saturated carbocycles. The van der Waals surface area contributed by atoms with Crippen molar-refractivity contribution in [2.75, 3.05) is 33.9 Å². The maximum Gasteiger partial charge on any atom is 0.294 e. The minimum Gasteiger partial charge on any atom is -0.493 e. The third kappa shape index (κ3) is 5.32. The van der Waals surface area contributed by atoms with Gasteiger partial charge in [-0.15, -0.1) is 0 Å². The lowest BCUT2D eigenvalue weighted by molar-refractivity contribution is -0.135. The molecule has 0 bridgehead atoms. The monoisotopic (exact) mass is 420 g/mol. The van der Waals surface area contributed by atoms with Gasteiger partial charge in [0.1, 0.15) is 6.54 Å². The number of benzene rings is 1. The molecule has 1 fully saturated rings. The molecule has 29 heavy (non-hydrogen) atoms. The van der Waals surface area contributed by atoms with Crippen LogP contribution in [0, 0.1) is 6.92 Å². The molecule has 0 spiro atoms. The van der Waals surface area contributed by atoms with Crippen LogP contribution in [0.25, 0.3) is 6.08 Å².